The van der Waals surface area contributed by atoms with E-state index in [1.54, 1.807) is 0 Å². The molecule has 1 aromatic carbocycles. The smallest absolute Gasteiger partial charge is 0.0837 e. The molecule has 1 fully saturated rings. The van der Waals surface area contributed by atoms with Gasteiger partial charge in [-0.2, -0.15) is 0 Å². The summed E-state index contributed by atoms with van der Waals surface area (Å²) in [5, 5.41) is 5.05. The van der Waals surface area contributed by atoms with Crippen molar-refractivity contribution in [2.75, 3.05) is 13.2 Å². The van der Waals surface area contributed by atoms with Crippen molar-refractivity contribution in [1.29, 1.82) is 0 Å². The molecule has 0 spiro atoms. The van der Waals surface area contributed by atoms with Crippen LogP contribution in [0.25, 0.3) is 0 Å². The second kappa shape index (κ2) is 7.82. The average Bonchev–Trinajstić information content (AvgIpc) is 2.91. The lowest BCUT2D eigenvalue weighted by atomic mass is 9.87. The van der Waals surface area contributed by atoms with Crippen molar-refractivity contribution in [3.63, 3.8) is 0 Å². The minimum atomic E-state index is -0.0479. The third-order valence-electron chi connectivity index (χ3n) is 4.41. The van der Waals surface area contributed by atoms with Crippen LogP contribution < -0.4 is 5.32 Å². The summed E-state index contributed by atoms with van der Waals surface area (Å²) in [5.41, 5.74) is 1.09. The van der Waals surface area contributed by atoms with Crippen LogP contribution in [0.15, 0.2) is 18.2 Å². The second-order valence-electron chi connectivity index (χ2n) is 5.76. The molecule has 0 saturated heterocycles. The Hall–Kier alpha value is -0.280. The first-order valence-electron chi connectivity index (χ1n) is 7.92. The predicted molar refractivity (Wildman–Crippen MR) is 90.5 cm³/mol. The Morgan fingerprint density at radius 1 is 1.24 bits per heavy atom. The molecular formula is C17H25Cl2NO. The van der Waals surface area contributed by atoms with Crippen LogP contribution in [-0.4, -0.2) is 24.8 Å². The fourth-order valence-electron chi connectivity index (χ4n) is 3.45. The maximum Gasteiger partial charge on any atom is 0.0837 e. The van der Waals surface area contributed by atoms with E-state index in [-0.39, 0.29) is 5.60 Å². The van der Waals surface area contributed by atoms with Gasteiger partial charge in [-0.3, -0.25) is 0 Å². The lowest BCUT2D eigenvalue weighted by Gasteiger charge is -2.38. The van der Waals surface area contributed by atoms with Crippen molar-refractivity contribution in [2.24, 2.45) is 0 Å². The second-order valence-corrected chi connectivity index (χ2v) is 6.60. The Bertz CT molecular complexity index is 458. The van der Waals surface area contributed by atoms with Crippen LogP contribution in [0.5, 0.6) is 0 Å². The zero-order valence-corrected chi connectivity index (χ0v) is 14.4. The highest BCUT2D eigenvalue weighted by Crippen LogP contribution is 2.38. The third-order valence-corrected chi connectivity index (χ3v) is 4.99. The van der Waals surface area contributed by atoms with Crippen LogP contribution in [0.4, 0.5) is 0 Å². The van der Waals surface area contributed by atoms with E-state index in [2.05, 4.69) is 19.2 Å². The summed E-state index contributed by atoms with van der Waals surface area (Å²) in [4.78, 5) is 0. The number of halogens is 2. The lowest BCUT2D eigenvalue weighted by molar-refractivity contribution is -0.0609. The number of benzene rings is 1. The van der Waals surface area contributed by atoms with E-state index >= 15 is 0 Å². The van der Waals surface area contributed by atoms with Crippen molar-refractivity contribution >= 4 is 23.2 Å². The molecule has 1 atom stereocenters. The molecule has 1 aliphatic rings. The van der Waals surface area contributed by atoms with Gasteiger partial charge in [-0.1, -0.05) is 49.0 Å². The van der Waals surface area contributed by atoms with E-state index in [0.717, 1.165) is 43.0 Å². The number of hydrogen-bond acceptors (Lipinski definition) is 2. The van der Waals surface area contributed by atoms with Gasteiger partial charge in [-0.05, 0) is 50.4 Å². The molecule has 2 rings (SSSR count). The van der Waals surface area contributed by atoms with E-state index in [1.165, 1.54) is 12.8 Å². The monoisotopic (exact) mass is 329 g/mol. The average molecular weight is 330 g/mol. The summed E-state index contributed by atoms with van der Waals surface area (Å²) in [7, 11) is 0. The molecule has 0 amide bonds. The number of likely N-dealkylation sites (N-methyl/N-ethyl adjacent to an activating group) is 1. The highest BCUT2D eigenvalue weighted by Gasteiger charge is 2.41. The molecule has 0 bridgehead atoms. The molecule has 0 aromatic heterocycles. The normalized spacial score (nSPS) is 18.9. The van der Waals surface area contributed by atoms with E-state index in [9.17, 15) is 0 Å². The molecule has 1 saturated carbocycles. The summed E-state index contributed by atoms with van der Waals surface area (Å²) in [5.74, 6) is 0. The highest BCUT2D eigenvalue weighted by molar-refractivity contribution is 6.35. The Morgan fingerprint density at radius 3 is 2.52 bits per heavy atom. The summed E-state index contributed by atoms with van der Waals surface area (Å²) < 4.78 is 6.21. The molecule has 1 N–H and O–H groups in total. The fourth-order valence-corrected chi connectivity index (χ4v) is 3.94. The molecular weight excluding hydrogens is 305 g/mol. The molecule has 0 radical (unpaired) electrons. The van der Waals surface area contributed by atoms with Gasteiger partial charge in [0.15, 0.2) is 0 Å². The van der Waals surface area contributed by atoms with Gasteiger partial charge in [0.25, 0.3) is 0 Å². The van der Waals surface area contributed by atoms with Gasteiger partial charge < -0.3 is 10.1 Å². The van der Waals surface area contributed by atoms with Crippen LogP contribution in [-0.2, 0) is 11.2 Å². The van der Waals surface area contributed by atoms with Crippen LogP contribution in [0, 0.1) is 0 Å². The summed E-state index contributed by atoms with van der Waals surface area (Å²) in [6, 6.07) is 6.06. The molecule has 118 valence electrons. The summed E-state index contributed by atoms with van der Waals surface area (Å²) in [6.45, 7) is 5.92. The number of hydrogen-bond donors (Lipinski definition) is 1. The van der Waals surface area contributed by atoms with Gasteiger partial charge in [0.1, 0.15) is 0 Å². The van der Waals surface area contributed by atoms with Gasteiger partial charge in [0.05, 0.1) is 5.60 Å². The summed E-state index contributed by atoms with van der Waals surface area (Å²) in [6.07, 6.45) is 5.63. The molecule has 4 heteroatoms. The standard InChI is InChI=1S/C17H25Cl2NO/c1-3-20-16(17(21-4-2)9-5-6-10-17)11-13-7-8-14(18)12-15(13)19/h7-8,12,16,20H,3-6,9-11H2,1-2H3. The van der Waals surface area contributed by atoms with Crippen molar-refractivity contribution in [3.8, 4) is 0 Å². The van der Waals surface area contributed by atoms with Gasteiger partial charge in [-0.25, -0.2) is 0 Å². The van der Waals surface area contributed by atoms with Gasteiger partial charge in [0, 0.05) is 22.7 Å². The summed E-state index contributed by atoms with van der Waals surface area (Å²) >= 11 is 12.3. The topological polar surface area (TPSA) is 21.3 Å². The zero-order valence-electron chi connectivity index (χ0n) is 12.9. The largest absolute Gasteiger partial charge is 0.374 e. The first-order valence-corrected chi connectivity index (χ1v) is 8.68. The van der Waals surface area contributed by atoms with Gasteiger partial charge in [0.2, 0.25) is 0 Å². The molecule has 0 heterocycles. The Labute approximate surface area is 138 Å². The molecule has 0 aliphatic heterocycles. The quantitative estimate of drug-likeness (QED) is 0.771. The Morgan fingerprint density at radius 2 is 1.95 bits per heavy atom. The minimum absolute atomic E-state index is 0.0479. The van der Waals surface area contributed by atoms with E-state index in [1.807, 2.05) is 18.2 Å². The van der Waals surface area contributed by atoms with Crippen molar-refractivity contribution in [3.05, 3.63) is 33.8 Å². The van der Waals surface area contributed by atoms with Crippen LogP contribution in [0.2, 0.25) is 10.0 Å². The zero-order chi connectivity index (χ0) is 15.3. The number of nitrogens with one attached hydrogen (secondary N) is 1. The molecule has 1 aromatic rings. The number of ether oxygens (including phenoxy) is 1. The Balaban J connectivity index is 2.21. The highest BCUT2D eigenvalue weighted by atomic mass is 35.5. The Kier molecular flexibility index (Phi) is 6.36. The van der Waals surface area contributed by atoms with Crippen LogP contribution in [0.3, 0.4) is 0 Å². The maximum absolute atomic E-state index is 6.35. The first-order chi connectivity index (χ1) is 10.1. The molecule has 21 heavy (non-hydrogen) atoms. The van der Waals surface area contributed by atoms with Crippen molar-refractivity contribution in [1.82, 2.24) is 5.32 Å². The SMILES string of the molecule is CCNC(Cc1ccc(Cl)cc1Cl)C1(OCC)CCCC1. The molecule has 1 unspecified atom stereocenters. The molecule has 1 aliphatic carbocycles. The minimum Gasteiger partial charge on any atom is -0.374 e. The first kappa shape index (κ1) is 17.1. The number of rotatable bonds is 7. The fraction of sp³-hybridized carbons (Fsp3) is 0.647. The van der Waals surface area contributed by atoms with Crippen molar-refractivity contribution < 1.29 is 4.74 Å². The van der Waals surface area contributed by atoms with E-state index in [0.29, 0.717) is 11.1 Å². The predicted octanol–water partition coefficient (Wildman–Crippen LogP) is 4.86. The van der Waals surface area contributed by atoms with E-state index in [4.69, 9.17) is 27.9 Å². The van der Waals surface area contributed by atoms with Crippen LogP contribution >= 0.6 is 23.2 Å². The molecule has 2 nitrogen and oxygen atoms in total. The third kappa shape index (κ3) is 4.13. The van der Waals surface area contributed by atoms with Gasteiger partial charge >= 0.3 is 0 Å². The van der Waals surface area contributed by atoms with Crippen LogP contribution in [0.1, 0.15) is 45.1 Å². The van der Waals surface area contributed by atoms with Crippen molar-refractivity contribution in [2.45, 2.75) is 57.6 Å². The lowest BCUT2D eigenvalue weighted by Crippen LogP contribution is -2.52. The maximum atomic E-state index is 6.35. The van der Waals surface area contributed by atoms with Gasteiger partial charge in [-0.15, -0.1) is 0 Å². The van der Waals surface area contributed by atoms with E-state index < -0.39 is 0 Å².